The number of nitrogens with one attached hydrogen (secondary N) is 1. The van der Waals surface area contributed by atoms with Crippen LogP contribution in [-0.2, 0) is 24.0 Å². The molecule has 0 bridgehead atoms. The molecule has 0 atom stereocenters. The van der Waals surface area contributed by atoms with Crippen LogP contribution >= 0.6 is 0 Å². The summed E-state index contributed by atoms with van der Waals surface area (Å²) >= 11 is 0. The Morgan fingerprint density at radius 1 is 0.857 bits per heavy atom. The maximum Gasteiger partial charge on any atom is 0.416 e. The van der Waals surface area contributed by atoms with E-state index in [1.807, 2.05) is 42.5 Å². The van der Waals surface area contributed by atoms with E-state index in [9.17, 15) is 13.2 Å². The molecule has 2 aromatic carbocycles. The minimum absolute atomic E-state index is 0.445. The van der Waals surface area contributed by atoms with Crippen LogP contribution in [0.3, 0.4) is 0 Å². The Labute approximate surface area is 201 Å². The summed E-state index contributed by atoms with van der Waals surface area (Å²) in [6, 6.07) is 20.7. The Bertz CT molecular complexity index is 1320. The molecule has 1 saturated heterocycles. The van der Waals surface area contributed by atoms with Gasteiger partial charge in [-0.2, -0.15) is 13.2 Å². The molecule has 4 aromatic rings. The van der Waals surface area contributed by atoms with Gasteiger partial charge in [0.05, 0.1) is 42.2 Å². The molecule has 5 rings (SSSR count). The highest BCUT2D eigenvalue weighted by atomic mass is 19.4. The number of aromatic nitrogens is 2. The Morgan fingerprint density at radius 2 is 1.66 bits per heavy atom. The molecule has 0 aliphatic carbocycles. The molecular formula is C27H25F3N4O. The van der Waals surface area contributed by atoms with Crippen LogP contribution in [0.5, 0.6) is 0 Å². The molecule has 0 radical (unpaired) electrons. The molecule has 3 heterocycles. The summed E-state index contributed by atoms with van der Waals surface area (Å²) in [5.41, 5.74) is 2.90. The average molecular weight is 479 g/mol. The normalized spacial score (nSPS) is 14.8. The van der Waals surface area contributed by atoms with E-state index in [1.165, 1.54) is 12.1 Å². The standard InChI is InChI=1S/C27H25F3N4O/c28-27(29,30)21-6-1-5-20(16-21)24-8-2-4-19-10-11-22(33-26(19)24)17-31-25-9-3-7-23(32-25)18-34-12-14-35-15-13-34/h1-11,16H,12-15,17-18H2,(H,31,32). The van der Waals surface area contributed by atoms with Crippen LogP contribution in [0.1, 0.15) is 17.0 Å². The third-order valence-electron chi connectivity index (χ3n) is 6.03. The molecule has 1 N–H and O–H groups in total. The van der Waals surface area contributed by atoms with Crippen LogP contribution in [0, 0.1) is 0 Å². The van der Waals surface area contributed by atoms with E-state index in [0.29, 0.717) is 23.2 Å². The van der Waals surface area contributed by atoms with Crippen molar-refractivity contribution >= 4 is 16.7 Å². The summed E-state index contributed by atoms with van der Waals surface area (Å²) in [5.74, 6) is 0.754. The minimum atomic E-state index is -4.40. The van der Waals surface area contributed by atoms with Gasteiger partial charge in [-0.15, -0.1) is 0 Å². The summed E-state index contributed by atoms with van der Waals surface area (Å²) in [6.07, 6.45) is -4.40. The first-order valence-corrected chi connectivity index (χ1v) is 11.5. The SMILES string of the molecule is FC(F)(F)c1cccc(-c2cccc3ccc(CNc4cccc(CN5CCOCC5)n4)nc23)c1. The van der Waals surface area contributed by atoms with Gasteiger partial charge in [-0.05, 0) is 35.9 Å². The van der Waals surface area contributed by atoms with Gasteiger partial charge >= 0.3 is 6.18 Å². The second-order valence-corrected chi connectivity index (χ2v) is 8.51. The molecule has 8 heteroatoms. The lowest BCUT2D eigenvalue weighted by Gasteiger charge is -2.26. The number of hydrogen-bond acceptors (Lipinski definition) is 5. The van der Waals surface area contributed by atoms with E-state index in [-0.39, 0.29) is 0 Å². The largest absolute Gasteiger partial charge is 0.416 e. The van der Waals surface area contributed by atoms with Crippen molar-refractivity contribution in [2.75, 3.05) is 31.6 Å². The van der Waals surface area contributed by atoms with Gasteiger partial charge in [-0.25, -0.2) is 4.98 Å². The summed E-state index contributed by atoms with van der Waals surface area (Å²) in [5, 5.41) is 4.20. The van der Waals surface area contributed by atoms with Gasteiger partial charge in [-0.1, -0.05) is 42.5 Å². The van der Waals surface area contributed by atoms with Crippen molar-refractivity contribution in [1.82, 2.24) is 14.9 Å². The van der Waals surface area contributed by atoms with E-state index < -0.39 is 11.7 Å². The van der Waals surface area contributed by atoms with E-state index in [4.69, 9.17) is 14.7 Å². The molecule has 0 spiro atoms. The minimum Gasteiger partial charge on any atom is -0.379 e. The number of nitrogens with zero attached hydrogens (tertiary/aromatic N) is 3. The van der Waals surface area contributed by atoms with E-state index in [2.05, 4.69) is 10.2 Å². The van der Waals surface area contributed by atoms with Crippen molar-refractivity contribution in [2.24, 2.45) is 0 Å². The number of para-hydroxylation sites is 1. The quantitative estimate of drug-likeness (QED) is 0.382. The fraction of sp³-hybridized carbons (Fsp3) is 0.259. The van der Waals surface area contributed by atoms with Crippen LogP contribution in [0.15, 0.2) is 72.8 Å². The Kier molecular flexibility index (Phi) is 6.66. The Hall–Kier alpha value is -3.49. The zero-order valence-electron chi connectivity index (χ0n) is 19.1. The van der Waals surface area contributed by atoms with Crippen LogP contribution < -0.4 is 5.32 Å². The van der Waals surface area contributed by atoms with E-state index >= 15 is 0 Å². The Balaban J connectivity index is 1.35. The van der Waals surface area contributed by atoms with Crippen LogP contribution in [0.2, 0.25) is 0 Å². The predicted octanol–water partition coefficient (Wildman–Crippen LogP) is 5.76. The maximum absolute atomic E-state index is 13.2. The van der Waals surface area contributed by atoms with E-state index in [0.717, 1.165) is 61.5 Å². The van der Waals surface area contributed by atoms with Gasteiger partial charge in [0.2, 0.25) is 0 Å². The first-order chi connectivity index (χ1) is 17.0. The molecule has 1 aliphatic rings. The van der Waals surface area contributed by atoms with Gasteiger partial charge in [0.15, 0.2) is 0 Å². The number of benzene rings is 2. The molecule has 5 nitrogen and oxygen atoms in total. The number of rotatable bonds is 6. The molecule has 1 fully saturated rings. The monoisotopic (exact) mass is 478 g/mol. The molecule has 0 amide bonds. The fourth-order valence-electron chi connectivity index (χ4n) is 4.22. The first-order valence-electron chi connectivity index (χ1n) is 11.5. The van der Waals surface area contributed by atoms with Crippen molar-refractivity contribution in [1.29, 1.82) is 0 Å². The highest BCUT2D eigenvalue weighted by Crippen LogP contribution is 2.34. The number of anilines is 1. The number of hydrogen-bond donors (Lipinski definition) is 1. The molecule has 180 valence electrons. The lowest BCUT2D eigenvalue weighted by molar-refractivity contribution is -0.137. The number of alkyl halides is 3. The third kappa shape index (κ3) is 5.61. The van der Waals surface area contributed by atoms with Gasteiger partial charge in [0.1, 0.15) is 5.82 Å². The number of ether oxygens (including phenoxy) is 1. The van der Waals surface area contributed by atoms with Gasteiger partial charge in [-0.3, -0.25) is 9.88 Å². The topological polar surface area (TPSA) is 50.3 Å². The van der Waals surface area contributed by atoms with Crippen LogP contribution in [0.25, 0.3) is 22.0 Å². The highest BCUT2D eigenvalue weighted by Gasteiger charge is 2.30. The Morgan fingerprint density at radius 3 is 2.49 bits per heavy atom. The molecule has 0 saturated carbocycles. The number of fused-ring (bicyclic) bond motifs is 1. The lowest BCUT2D eigenvalue weighted by atomic mass is 9.99. The second-order valence-electron chi connectivity index (χ2n) is 8.51. The lowest BCUT2D eigenvalue weighted by Crippen LogP contribution is -2.35. The zero-order chi connectivity index (χ0) is 24.3. The fourth-order valence-corrected chi connectivity index (χ4v) is 4.22. The molecule has 1 aliphatic heterocycles. The molecular weight excluding hydrogens is 453 g/mol. The average Bonchev–Trinajstić information content (AvgIpc) is 2.87. The van der Waals surface area contributed by atoms with Crippen LogP contribution in [-0.4, -0.2) is 41.2 Å². The smallest absolute Gasteiger partial charge is 0.379 e. The number of pyridine rings is 2. The van der Waals surface area contributed by atoms with Crippen LogP contribution in [0.4, 0.5) is 19.0 Å². The second kappa shape index (κ2) is 10.0. The molecule has 2 aromatic heterocycles. The predicted molar refractivity (Wildman–Crippen MR) is 130 cm³/mol. The van der Waals surface area contributed by atoms with Crippen molar-refractivity contribution in [3.63, 3.8) is 0 Å². The first kappa shape index (κ1) is 23.3. The van der Waals surface area contributed by atoms with Crippen molar-refractivity contribution in [3.8, 4) is 11.1 Å². The highest BCUT2D eigenvalue weighted by molar-refractivity contribution is 5.93. The summed E-state index contributed by atoms with van der Waals surface area (Å²) in [4.78, 5) is 11.8. The van der Waals surface area contributed by atoms with Gasteiger partial charge < -0.3 is 10.1 Å². The van der Waals surface area contributed by atoms with Crippen molar-refractivity contribution in [3.05, 3.63) is 89.7 Å². The molecule has 0 unspecified atom stereocenters. The molecule has 35 heavy (non-hydrogen) atoms. The van der Waals surface area contributed by atoms with Gasteiger partial charge in [0, 0.05) is 30.6 Å². The zero-order valence-corrected chi connectivity index (χ0v) is 19.1. The number of morpholine rings is 1. The van der Waals surface area contributed by atoms with E-state index in [1.54, 1.807) is 12.1 Å². The summed E-state index contributed by atoms with van der Waals surface area (Å²) < 4.78 is 45.1. The third-order valence-corrected chi connectivity index (χ3v) is 6.03. The maximum atomic E-state index is 13.2. The van der Waals surface area contributed by atoms with Crippen molar-refractivity contribution < 1.29 is 17.9 Å². The van der Waals surface area contributed by atoms with Crippen molar-refractivity contribution in [2.45, 2.75) is 19.3 Å². The summed E-state index contributed by atoms with van der Waals surface area (Å²) in [6.45, 7) is 4.50. The van der Waals surface area contributed by atoms with Gasteiger partial charge in [0.25, 0.3) is 0 Å². The number of halogens is 3. The summed E-state index contributed by atoms with van der Waals surface area (Å²) in [7, 11) is 0.